The van der Waals surface area contributed by atoms with Crippen LogP contribution in [0.4, 0.5) is 0 Å². The lowest BCUT2D eigenvalue weighted by Crippen LogP contribution is -2.39. The summed E-state index contributed by atoms with van der Waals surface area (Å²) in [7, 11) is 4.41. The molecule has 0 aliphatic rings. The molecule has 10 heteroatoms. The standard InChI is InChI=1S/C17H21N5O4S/c1-11(9-12-5-7-13(26-4)8-6-12)18-19-14(23)10-27-15-16(24)21(2)17(25)22(3)20-15/h5-8H,9-10H2,1-4H3,(H,19,23)/b18-11-. The molecule has 1 aromatic carbocycles. The van der Waals surface area contributed by atoms with Gasteiger partial charge in [0.25, 0.3) is 5.56 Å². The Balaban J connectivity index is 1.91. The number of nitrogens with zero attached hydrogens (tertiary/aromatic N) is 4. The Hall–Kier alpha value is -2.88. The van der Waals surface area contributed by atoms with Gasteiger partial charge in [-0.25, -0.2) is 14.9 Å². The third-order valence-corrected chi connectivity index (χ3v) is 4.56. The first kappa shape index (κ1) is 20.4. The number of amides is 1. The predicted molar refractivity (Wildman–Crippen MR) is 103 cm³/mol. The van der Waals surface area contributed by atoms with Crippen LogP contribution in [-0.2, 0) is 25.3 Å². The second-order valence-corrected chi connectivity index (χ2v) is 6.74. The molecule has 9 nitrogen and oxygen atoms in total. The second-order valence-electron chi connectivity index (χ2n) is 5.77. The molecule has 0 fully saturated rings. The van der Waals surface area contributed by atoms with Gasteiger partial charge < -0.3 is 4.74 Å². The van der Waals surface area contributed by atoms with Gasteiger partial charge in [0, 0.05) is 26.2 Å². The molecule has 0 aliphatic carbocycles. The number of carbonyl (C=O) groups is 1. The van der Waals surface area contributed by atoms with Crippen molar-refractivity contribution in [3.8, 4) is 5.75 Å². The Labute approximate surface area is 160 Å². The highest BCUT2D eigenvalue weighted by molar-refractivity contribution is 7.99. The molecule has 2 rings (SSSR count). The number of carbonyl (C=O) groups excluding carboxylic acids is 1. The van der Waals surface area contributed by atoms with Crippen molar-refractivity contribution in [2.45, 2.75) is 18.4 Å². The van der Waals surface area contributed by atoms with Crippen molar-refractivity contribution in [1.29, 1.82) is 0 Å². The number of hydrogen-bond acceptors (Lipinski definition) is 7. The Bertz CT molecular complexity index is 963. The van der Waals surface area contributed by atoms with E-state index in [1.807, 2.05) is 31.2 Å². The number of aromatic nitrogens is 3. The van der Waals surface area contributed by atoms with E-state index < -0.39 is 11.2 Å². The van der Waals surface area contributed by atoms with Crippen molar-refractivity contribution in [2.24, 2.45) is 19.2 Å². The van der Waals surface area contributed by atoms with Crippen LogP contribution in [0.2, 0.25) is 0 Å². The van der Waals surface area contributed by atoms with Gasteiger partial charge in [0.1, 0.15) is 5.75 Å². The summed E-state index contributed by atoms with van der Waals surface area (Å²) < 4.78 is 7.11. The van der Waals surface area contributed by atoms with Crippen molar-refractivity contribution >= 4 is 23.4 Å². The summed E-state index contributed by atoms with van der Waals surface area (Å²) in [5.41, 5.74) is 3.17. The lowest BCUT2D eigenvalue weighted by atomic mass is 10.1. The summed E-state index contributed by atoms with van der Waals surface area (Å²) >= 11 is 0.953. The van der Waals surface area contributed by atoms with Gasteiger partial charge >= 0.3 is 5.69 Å². The molecule has 0 radical (unpaired) electrons. The highest BCUT2D eigenvalue weighted by Crippen LogP contribution is 2.12. The molecule has 0 spiro atoms. The minimum absolute atomic E-state index is 0.0419. The minimum atomic E-state index is -0.532. The van der Waals surface area contributed by atoms with E-state index >= 15 is 0 Å². The van der Waals surface area contributed by atoms with Crippen LogP contribution < -0.4 is 21.4 Å². The molecule has 0 atom stereocenters. The smallest absolute Gasteiger partial charge is 0.346 e. The number of ether oxygens (including phenoxy) is 1. The lowest BCUT2D eigenvalue weighted by molar-refractivity contribution is -0.118. The topological polar surface area (TPSA) is 108 Å². The van der Waals surface area contributed by atoms with E-state index in [0.717, 1.165) is 38.0 Å². The number of nitrogens with one attached hydrogen (secondary N) is 1. The number of thioether (sulfide) groups is 1. The van der Waals surface area contributed by atoms with Gasteiger partial charge in [0.05, 0.1) is 12.9 Å². The van der Waals surface area contributed by atoms with Crippen LogP contribution >= 0.6 is 11.8 Å². The third-order valence-electron chi connectivity index (χ3n) is 3.62. The van der Waals surface area contributed by atoms with Crippen molar-refractivity contribution < 1.29 is 9.53 Å². The summed E-state index contributed by atoms with van der Waals surface area (Å²) in [4.78, 5) is 35.5. The fourth-order valence-electron chi connectivity index (χ4n) is 2.16. The van der Waals surface area contributed by atoms with Crippen LogP contribution in [0.5, 0.6) is 5.75 Å². The minimum Gasteiger partial charge on any atom is -0.497 e. The largest absolute Gasteiger partial charge is 0.497 e. The normalized spacial score (nSPS) is 11.3. The number of benzene rings is 1. The monoisotopic (exact) mass is 391 g/mol. The van der Waals surface area contributed by atoms with Crippen molar-refractivity contribution in [2.75, 3.05) is 12.9 Å². The van der Waals surface area contributed by atoms with E-state index in [2.05, 4.69) is 15.6 Å². The Morgan fingerprint density at radius 2 is 1.93 bits per heavy atom. The SMILES string of the molecule is COc1ccc(C/C(C)=N\NC(=O)CSc2nn(C)c(=O)n(C)c2=O)cc1. The molecular formula is C17H21N5O4S. The molecule has 2 aromatic rings. The molecule has 0 saturated carbocycles. The Morgan fingerprint density at radius 3 is 2.56 bits per heavy atom. The van der Waals surface area contributed by atoms with Crippen molar-refractivity contribution in [3.63, 3.8) is 0 Å². The fourth-order valence-corrected chi connectivity index (χ4v) is 2.94. The molecule has 144 valence electrons. The van der Waals surface area contributed by atoms with Crippen molar-refractivity contribution in [3.05, 3.63) is 50.7 Å². The van der Waals surface area contributed by atoms with E-state index in [-0.39, 0.29) is 16.7 Å². The average molecular weight is 391 g/mol. The molecule has 1 aromatic heterocycles. The van der Waals surface area contributed by atoms with Gasteiger partial charge in [-0.05, 0) is 24.6 Å². The average Bonchev–Trinajstić information content (AvgIpc) is 2.67. The first-order chi connectivity index (χ1) is 12.8. The first-order valence-electron chi connectivity index (χ1n) is 8.04. The third kappa shape index (κ3) is 5.55. The molecule has 27 heavy (non-hydrogen) atoms. The summed E-state index contributed by atoms with van der Waals surface area (Å²) in [5.74, 6) is 0.364. The van der Waals surface area contributed by atoms with Gasteiger partial charge in [-0.15, -0.1) is 0 Å². The molecule has 1 heterocycles. The summed E-state index contributed by atoms with van der Waals surface area (Å²) in [5, 5.41) is 8.01. The molecule has 0 unspecified atom stereocenters. The Morgan fingerprint density at radius 1 is 1.26 bits per heavy atom. The molecule has 1 N–H and O–H groups in total. The number of hydrogen-bond donors (Lipinski definition) is 1. The van der Waals surface area contributed by atoms with Crippen LogP contribution in [0.15, 0.2) is 44.0 Å². The maximum absolute atomic E-state index is 12.0. The van der Waals surface area contributed by atoms with E-state index in [1.165, 1.54) is 14.1 Å². The van der Waals surface area contributed by atoms with Crippen LogP contribution in [0.3, 0.4) is 0 Å². The maximum atomic E-state index is 12.0. The Kier molecular flexibility index (Phi) is 6.94. The van der Waals surface area contributed by atoms with Gasteiger partial charge in [-0.3, -0.25) is 14.2 Å². The zero-order valence-corrected chi connectivity index (χ0v) is 16.4. The quantitative estimate of drug-likeness (QED) is 0.414. The first-order valence-corrected chi connectivity index (χ1v) is 9.02. The number of hydrazone groups is 1. The van der Waals surface area contributed by atoms with Crippen molar-refractivity contribution in [1.82, 2.24) is 19.8 Å². The lowest BCUT2D eigenvalue weighted by Gasteiger charge is -2.06. The number of methoxy groups -OCH3 is 1. The van der Waals surface area contributed by atoms with Crippen LogP contribution in [0, 0.1) is 0 Å². The number of aryl methyl sites for hydroxylation is 1. The van der Waals surface area contributed by atoms with E-state index in [9.17, 15) is 14.4 Å². The molecular weight excluding hydrogens is 370 g/mol. The summed E-state index contributed by atoms with van der Waals surface area (Å²) in [6.45, 7) is 1.81. The van der Waals surface area contributed by atoms with E-state index in [1.54, 1.807) is 7.11 Å². The fraction of sp³-hybridized carbons (Fsp3) is 0.353. The predicted octanol–water partition coefficient (Wildman–Crippen LogP) is 0.315. The molecule has 0 saturated heterocycles. The zero-order chi connectivity index (χ0) is 20.0. The highest BCUT2D eigenvalue weighted by atomic mass is 32.2. The van der Waals surface area contributed by atoms with Gasteiger partial charge in [-0.2, -0.15) is 10.2 Å². The van der Waals surface area contributed by atoms with Crippen LogP contribution in [0.25, 0.3) is 0 Å². The number of rotatable bonds is 7. The van der Waals surface area contributed by atoms with Gasteiger partial charge in [0.2, 0.25) is 5.91 Å². The van der Waals surface area contributed by atoms with Crippen LogP contribution in [-0.4, -0.2) is 38.8 Å². The molecule has 0 bridgehead atoms. The highest BCUT2D eigenvalue weighted by Gasteiger charge is 2.11. The summed E-state index contributed by atoms with van der Waals surface area (Å²) in [6.07, 6.45) is 0.584. The maximum Gasteiger partial charge on any atom is 0.346 e. The van der Waals surface area contributed by atoms with E-state index in [4.69, 9.17) is 4.74 Å². The van der Waals surface area contributed by atoms with Gasteiger partial charge in [0.15, 0.2) is 5.03 Å². The summed E-state index contributed by atoms with van der Waals surface area (Å²) in [6, 6.07) is 7.57. The van der Waals surface area contributed by atoms with E-state index in [0.29, 0.717) is 6.42 Å². The molecule has 1 amide bonds. The van der Waals surface area contributed by atoms with Crippen LogP contribution in [0.1, 0.15) is 12.5 Å². The molecule has 0 aliphatic heterocycles. The zero-order valence-electron chi connectivity index (χ0n) is 15.6. The van der Waals surface area contributed by atoms with Gasteiger partial charge in [-0.1, -0.05) is 23.9 Å². The second kappa shape index (κ2) is 9.17.